The zero-order valence-electron chi connectivity index (χ0n) is 11.7. The van der Waals surface area contributed by atoms with E-state index in [4.69, 9.17) is 21.4 Å². The highest BCUT2D eigenvalue weighted by Crippen LogP contribution is 2.25. The van der Waals surface area contributed by atoms with Crippen molar-refractivity contribution in [1.29, 1.82) is 0 Å². The molecule has 0 spiro atoms. The lowest BCUT2D eigenvalue weighted by Gasteiger charge is -2.15. The number of carboxylic acids is 1. The van der Waals surface area contributed by atoms with E-state index in [0.29, 0.717) is 6.61 Å². The zero-order valence-corrected chi connectivity index (χ0v) is 12.5. The number of carbonyl (C=O) groups is 1. The molecular formula is C17H17ClO3. The molecule has 3 nitrogen and oxygen atoms in total. The fourth-order valence-corrected chi connectivity index (χ4v) is 2.14. The second kappa shape index (κ2) is 7.14. The number of halogens is 1. The Labute approximate surface area is 129 Å². The van der Waals surface area contributed by atoms with Crippen molar-refractivity contribution in [3.05, 3.63) is 65.7 Å². The highest BCUT2D eigenvalue weighted by Gasteiger charge is 2.23. The SMILES string of the molecule is CC(c1ccc(OCc2ccccc2)cc1)C(Cl)C(=O)O. The molecule has 0 aliphatic carbocycles. The maximum absolute atomic E-state index is 10.9. The minimum absolute atomic E-state index is 0.257. The van der Waals surface area contributed by atoms with E-state index < -0.39 is 11.3 Å². The number of aliphatic carboxylic acids is 1. The van der Waals surface area contributed by atoms with Crippen LogP contribution in [-0.4, -0.2) is 16.5 Å². The van der Waals surface area contributed by atoms with E-state index in [1.807, 2.05) is 54.6 Å². The van der Waals surface area contributed by atoms with Crippen molar-refractivity contribution >= 4 is 17.6 Å². The van der Waals surface area contributed by atoms with Crippen molar-refractivity contribution in [1.82, 2.24) is 0 Å². The average Bonchev–Trinajstić information content (AvgIpc) is 2.53. The number of carboxylic acid groups (broad SMARTS) is 1. The van der Waals surface area contributed by atoms with Gasteiger partial charge in [0.1, 0.15) is 17.7 Å². The minimum atomic E-state index is -1.01. The topological polar surface area (TPSA) is 46.5 Å². The lowest BCUT2D eigenvalue weighted by Crippen LogP contribution is -2.20. The molecule has 2 unspecified atom stereocenters. The van der Waals surface area contributed by atoms with Gasteiger partial charge in [-0.1, -0.05) is 49.4 Å². The van der Waals surface area contributed by atoms with Crippen LogP contribution < -0.4 is 4.74 Å². The standard InChI is InChI=1S/C17H17ClO3/c1-12(16(18)17(19)20)14-7-9-15(10-8-14)21-11-13-5-3-2-4-6-13/h2-10,12,16H,11H2,1H3,(H,19,20). The molecule has 0 aliphatic rings. The highest BCUT2D eigenvalue weighted by molar-refractivity contribution is 6.30. The van der Waals surface area contributed by atoms with Crippen molar-refractivity contribution in [2.45, 2.75) is 24.8 Å². The molecule has 110 valence electrons. The summed E-state index contributed by atoms with van der Waals surface area (Å²) in [5.74, 6) is -0.517. The second-order valence-electron chi connectivity index (χ2n) is 4.87. The van der Waals surface area contributed by atoms with Crippen LogP contribution in [-0.2, 0) is 11.4 Å². The number of rotatable bonds is 6. The minimum Gasteiger partial charge on any atom is -0.489 e. The first-order chi connectivity index (χ1) is 10.1. The summed E-state index contributed by atoms with van der Waals surface area (Å²) in [5, 5.41) is 7.99. The molecule has 0 saturated heterocycles. The van der Waals surface area contributed by atoms with Crippen LogP contribution in [0, 0.1) is 0 Å². The van der Waals surface area contributed by atoms with Crippen LogP contribution in [0.15, 0.2) is 54.6 Å². The summed E-state index contributed by atoms with van der Waals surface area (Å²) in [4.78, 5) is 10.9. The molecular weight excluding hydrogens is 288 g/mol. The number of ether oxygens (including phenoxy) is 1. The van der Waals surface area contributed by atoms with Gasteiger partial charge in [-0.25, -0.2) is 0 Å². The Morgan fingerprint density at radius 1 is 1.14 bits per heavy atom. The Morgan fingerprint density at radius 3 is 2.33 bits per heavy atom. The Hall–Kier alpha value is -2.00. The van der Waals surface area contributed by atoms with Crippen LogP contribution in [0.2, 0.25) is 0 Å². The third-order valence-corrected chi connectivity index (χ3v) is 3.89. The van der Waals surface area contributed by atoms with E-state index in [2.05, 4.69) is 0 Å². The second-order valence-corrected chi connectivity index (χ2v) is 5.34. The van der Waals surface area contributed by atoms with Gasteiger partial charge in [-0.15, -0.1) is 11.6 Å². The lowest BCUT2D eigenvalue weighted by molar-refractivity contribution is -0.136. The van der Waals surface area contributed by atoms with Gasteiger partial charge in [0.05, 0.1) is 0 Å². The van der Waals surface area contributed by atoms with Crippen molar-refractivity contribution in [2.75, 3.05) is 0 Å². The fraction of sp³-hybridized carbons (Fsp3) is 0.235. The van der Waals surface area contributed by atoms with Gasteiger partial charge >= 0.3 is 5.97 Å². The number of alkyl halides is 1. The third-order valence-electron chi connectivity index (χ3n) is 3.33. The van der Waals surface area contributed by atoms with Crippen molar-refractivity contribution < 1.29 is 14.6 Å². The summed E-state index contributed by atoms with van der Waals surface area (Å²) in [7, 11) is 0. The van der Waals surface area contributed by atoms with Gasteiger partial charge in [-0.3, -0.25) is 4.79 Å². The average molecular weight is 305 g/mol. The lowest BCUT2D eigenvalue weighted by atomic mass is 9.97. The molecule has 2 aromatic rings. The highest BCUT2D eigenvalue weighted by atomic mass is 35.5. The maximum atomic E-state index is 10.9. The molecule has 2 atom stereocenters. The van der Waals surface area contributed by atoms with E-state index in [9.17, 15) is 4.79 Å². The van der Waals surface area contributed by atoms with Crippen molar-refractivity contribution in [2.24, 2.45) is 0 Å². The molecule has 0 aliphatic heterocycles. The third kappa shape index (κ3) is 4.23. The monoisotopic (exact) mass is 304 g/mol. The largest absolute Gasteiger partial charge is 0.489 e. The molecule has 0 saturated carbocycles. The summed E-state index contributed by atoms with van der Waals surface area (Å²) in [6.07, 6.45) is 0. The van der Waals surface area contributed by atoms with Crippen LogP contribution in [0.25, 0.3) is 0 Å². The fourth-order valence-electron chi connectivity index (χ4n) is 1.99. The van der Waals surface area contributed by atoms with Crippen LogP contribution in [0.5, 0.6) is 5.75 Å². The van der Waals surface area contributed by atoms with E-state index in [-0.39, 0.29) is 5.92 Å². The molecule has 0 bridgehead atoms. The van der Waals surface area contributed by atoms with E-state index >= 15 is 0 Å². The molecule has 2 aromatic carbocycles. The Kier molecular flexibility index (Phi) is 5.23. The Morgan fingerprint density at radius 2 is 1.76 bits per heavy atom. The normalized spacial score (nSPS) is 13.4. The number of hydrogen-bond donors (Lipinski definition) is 1. The van der Waals surface area contributed by atoms with Crippen LogP contribution >= 0.6 is 11.6 Å². The first-order valence-corrected chi connectivity index (χ1v) is 7.15. The Bertz CT molecular complexity index is 581. The molecule has 0 amide bonds. The van der Waals surface area contributed by atoms with Gasteiger partial charge in [-0.2, -0.15) is 0 Å². The predicted octanol–water partition coefficient (Wildman–Crippen LogP) is 4.06. The molecule has 0 heterocycles. The van der Waals surface area contributed by atoms with Crippen LogP contribution in [0.4, 0.5) is 0 Å². The van der Waals surface area contributed by atoms with Gasteiger partial charge in [-0.05, 0) is 23.3 Å². The summed E-state index contributed by atoms with van der Waals surface area (Å²) >= 11 is 5.85. The first kappa shape index (κ1) is 15.4. The quantitative estimate of drug-likeness (QED) is 0.819. The molecule has 2 rings (SSSR count). The Balaban J connectivity index is 1.97. The van der Waals surface area contributed by atoms with Gasteiger partial charge < -0.3 is 9.84 Å². The van der Waals surface area contributed by atoms with Crippen molar-refractivity contribution in [3.8, 4) is 5.75 Å². The van der Waals surface area contributed by atoms with Gasteiger partial charge in [0.2, 0.25) is 0 Å². The number of benzene rings is 2. The van der Waals surface area contributed by atoms with Gasteiger partial charge in [0, 0.05) is 5.92 Å². The van der Waals surface area contributed by atoms with Gasteiger partial charge in [0.25, 0.3) is 0 Å². The van der Waals surface area contributed by atoms with E-state index in [1.165, 1.54) is 0 Å². The van der Waals surface area contributed by atoms with Crippen LogP contribution in [0.3, 0.4) is 0 Å². The molecule has 21 heavy (non-hydrogen) atoms. The van der Waals surface area contributed by atoms with E-state index in [0.717, 1.165) is 16.9 Å². The van der Waals surface area contributed by atoms with Crippen molar-refractivity contribution in [3.63, 3.8) is 0 Å². The molecule has 0 aromatic heterocycles. The van der Waals surface area contributed by atoms with Crippen LogP contribution in [0.1, 0.15) is 24.0 Å². The summed E-state index contributed by atoms with van der Waals surface area (Å²) in [6.45, 7) is 2.30. The summed E-state index contributed by atoms with van der Waals surface area (Å²) in [5.41, 5.74) is 1.98. The maximum Gasteiger partial charge on any atom is 0.322 e. The first-order valence-electron chi connectivity index (χ1n) is 6.71. The zero-order chi connectivity index (χ0) is 15.2. The molecule has 0 radical (unpaired) electrons. The molecule has 1 N–H and O–H groups in total. The molecule has 0 fully saturated rings. The predicted molar refractivity (Wildman–Crippen MR) is 82.9 cm³/mol. The van der Waals surface area contributed by atoms with E-state index in [1.54, 1.807) is 6.92 Å². The smallest absolute Gasteiger partial charge is 0.322 e. The number of hydrogen-bond acceptors (Lipinski definition) is 2. The summed E-state index contributed by atoms with van der Waals surface area (Å²) in [6, 6.07) is 17.3. The summed E-state index contributed by atoms with van der Waals surface area (Å²) < 4.78 is 5.69. The van der Waals surface area contributed by atoms with Gasteiger partial charge in [0.15, 0.2) is 0 Å². The molecule has 4 heteroatoms.